The van der Waals surface area contributed by atoms with Crippen LogP contribution in [0.15, 0.2) is 6.07 Å². The highest BCUT2D eigenvalue weighted by atomic mass is 14.2. The largest absolute Gasteiger partial charge is 0.113 e. The maximum absolute atomic E-state index is 6.35. The third-order valence-electron chi connectivity index (χ3n) is 5.33. The molecule has 0 saturated carbocycles. The normalized spacial score (nSPS) is 11.0. The summed E-state index contributed by atoms with van der Waals surface area (Å²) in [6.45, 7) is 0. The minimum Gasteiger partial charge on any atom is -0.112 e. The van der Waals surface area contributed by atoms with Crippen LogP contribution in [0.2, 0.25) is 0 Å². The first-order chi connectivity index (χ1) is 14.3. The molecule has 0 aliphatic rings. The molecule has 0 aromatic heterocycles. The lowest BCUT2D eigenvalue weighted by atomic mass is 9.55. The van der Waals surface area contributed by atoms with Crippen molar-refractivity contribution >= 4 is 173 Å². The Balaban J connectivity index is 2.50. The van der Waals surface area contributed by atoms with Gasteiger partial charge in [0.25, 0.3) is 0 Å². The third-order valence-corrected chi connectivity index (χ3v) is 5.33. The maximum Gasteiger partial charge on any atom is 0.113 e. The lowest BCUT2D eigenvalue weighted by Crippen LogP contribution is -2.57. The zero-order valence-corrected chi connectivity index (χ0v) is 16.6. The van der Waals surface area contributed by atoms with Crippen LogP contribution >= 0.6 is 0 Å². The Morgan fingerprint density at radius 2 is 0.452 bits per heavy atom. The van der Waals surface area contributed by atoms with E-state index in [9.17, 15) is 0 Å². The standard InChI is InChI=1S/C18HB13/c19-2-1-3(20)9(22)4(8(2)21)5-10(23)12(25)6(13(26)11(5)24)7-14(27)16(29)18(31)17(30)15(7)28/h1H. The molecule has 112 valence electrons. The average molecular weight is 358 g/mol. The highest BCUT2D eigenvalue weighted by Gasteiger charge is 2.21. The van der Waals surface area contributed by atoms with Crippen molar-refractivity contribution in [3.05, 3.63) is 6.07 Å². The number of hydrogen-bond donors (Lipinski definition) is 0. The van der Waals surface area contributed by atoms with Gasteiger partial charge in [-0.05, 0) is 22.3 Å². The van der Waals surface area contributed by atoms with E-state index >= 15 is 0 Å². The molecule has 0 saturated heterocycles. The smallest absolute Gasteiger partial charge is 0.112 e. The van der Waals surface area contributed by atoms with Crippen LogP contribution in [0.25, 0.3) is 22.3 Å². The second-order valence-electron chi connectivity index (χ2n) is 7.11. The minimum absolute atomic E-state index is 0.00197. The van der Waals surface area contributed by atoms with Crippen LogP contribution in [0.1, 0.15) is 0 Å². The van der Waals surface area contributed by atoms with E-state index in [0.29, 0.717) is 0 Å². The van der Waals surface area contributed by atoms with Crippen molar-refractivity contribution in [2.45, 2.75) is 0 Å². The molecule has 13 heteroatoms. The first-order valence-corrected chi connectivity index (χ1v) is 8.83. The maximum atomic E-state index is 6.35. The van der Waals surface area contributed by atoms with Gasteiger partial charge in [-0.2, -0.15) is 0 Å². The zero-order chi connectivity index (χ0) is 23.5. The molecule has 3 aromatic rings. The van der Waals surface area contributed by atoms with Gasteiger partial charge < -0.3 is 0 Å². The average Bonchev–Trinajstić information content (AvgIpc) is 2.72. The number of hydrogen-bond acceptors (Lipinski definition) is 0. The van der Waals surface area contributed by atoms with Crippen LogP contribution in [0, 0.1) is 0 Å². The first kappa shape index (κ1) is 24.2. The Labute approximate surface area is 201 Å². The molecule has 0 N–H and O–H groups in total. The molecule has 0 aliphatic carbocycles. The van der Waals surface area contributed by atoms with Gasteiger partial charge in [0.2, 0.25) is 0 Å². The van der Waals surface area contributed by atoms with Gasteiger partial charge in [0, 0.05) is 0 Å². The summed E-state index contributed by atoms with van der Waals surface area (Å²) in [7, 11) is 79.6. The van der Waals surface area contributed by atoms with Crippen LogP contribution in [0.5, 0.6) is 0 Å². The summed E-state index contributed by atoms with van der Waals surface area (Å²) in [5.41, 5.74) is 1.29. The molecule has 0 atom stereocenters. The fraction of sp³-hybridized carbons (Fsp3) is 0. The van der Waals surface area contributed by atoms with E-state index in [-0.39, 0.29) is 93.3 Å². The lowest BCUT2D eigenvalue weighted by Gasteiger charge is -2.30. The third kappa shape index (κ3) is 3.61. The van der Waals surface area contributed by atoms with Crippen LogP contribution < -0.4 is 71.0 Å². The Hall–Kier alpha value is -1.50. The van der Waals surface area contributed by atoms with Gasteiger partial charge in [-0.3, -0.25) is 0 Å². The summed E-state index contributed by atoms with van der Waals surface area (Å²) in [5.74, 6) is 0. The molecule has 31 heavy (non-hydrogen) atoms. The van der Waals surface area contributed by atoms with Crippen LogP contribution in [-0.2, 0) is 0 Å². The molecule has 0 unspecified atom stereocenters. The van der Waals surface area contributed by atoms with Crippen molar-refractivity contribution in [1.82, 2.24) is 0 Å². The number of rotatable bonds is 2. The van der Waals surface area contributed by atoms with Gasteiger partial charge in [0.1, 0.15) is 102 Å². The molecule has 3 aromatic carbocycles. The SMILES string of the molecule is [B]c1cc([B])c([B])c(-c2c([B])c([B])c(-c3c([B])c([B])c([B])c([B])c3[B])c([B])c2[B])c1[B]. The van der Waals surface area contributed by atoms with Gasteiger partial charge >= 0.3 is 0 Å². The predicted molar refractivity (Wildman–Crippen MR) is 147 cm³/mol. The Kier molecular flexibility index (Phi) is 6.59. The molecule has 0 fully saturated rings. The summed E-state index contributed by atoms with van der Waals surface area (Å²) in [6, 6.07) is 1.42. The summed E-state index contributed by atoms with van der Waals surface area (Å²) in [6.07, 6.45) is 0. The molecule has 26 radical (unpaired) electrons. The second kappa shape index (κ2) is 8.45. The van der Waals surface area contributed by atoms with Crippen LogP contribution in [0.4, 0.5) is 0 Å². The fourth-order valence-electron chi connectivity index (χ4n) is 3.51. The van der Waals surface area contributed by atoms with E-state index in [1.807, 2.05) is 0 Å². The second-order valence-corrected chi connectivity index (χ2v) is 7.11. The predicted octanol–water partition coefficient (Wildman–Crippen LogP) is -10.7. The minimum atomic E-state index is -0.0107. The first-order valence-electron chi connectivity index (χ1n) is 8.83. The summed E-state index contributed by atoms with van der Waals surface area (Å²) in [4.78, 5) is 0. The van der Waals surface area contributed by atoms with Crippen molar-refractivity contribution in [1.29, 1.82) is 0 Å². The molecule has 3 rings (SSSR count). The Morgan fingerprint density at radius 3 is 0.742 bits per heavy atom. The van der Waals surface area contributed by atoms with Crippen LogP contribution in [-0.4, -0.2) is 102 Å². The topological polar surface area (TPSA) is 0 Å². The molecule has 0 nitrogen and oxygen atoms in total. The quantitative estimate of drug-likeness (QED) is 0.400. The van der Waals surface area contributed by atoms with E-state index in [2.05, 4.69) is 0 Å². The molecule has 0 bridgehead atoms. The highest BCUT2D eigenvalue weighted by molar-refractivity contribution is 6.71. The summed E-state index contributed by atoms with van der Waals surface area (Å²) < 4.78 is 0. The highest BCUT2D eigenvalue weighted by Crippen LogP contribution is 2.12. The molecule has 0 heterocycles. The van der Waals surface area contributed by atoms with Crippen molar-refractivity contribution in [2.24, 2.45) is 0 Å². The molecule has 0 aliphatic heterocycles. The van der Waals surface area contributed by atoms with Crippen molar-refractivity contribution in [3.8, 4) is 22.3 Å². The van der Waals surface area contributed by atoms with E-state index in [1.165, 1.54) is 6.07 Å². The van der Waals surface area contributed by atoms with Gasteiger partial charge in [-0.15, -0.1) is 27.3 Å². The van der Waals surface area contributed by atoms with Crippen molar-refractivity contribution in [2.75, 3.05) is 0 Å². The van der Waals surface area contributed by atoms with E-state index in [0.717, 1.165) is 0 Å². The van der Waals surface area contributed by atoms with E-state index in [4.69, 9.17) is 102 Å². The number of benzene rings is 3. The molecule has 0 amide bonds. The summed E-state index contributed by atoms with van der Waals surface area (Å²) >= 11 is 0. The van der Waals surface area contributed by atoms with Crippen molar-refractivity contribution < 1.29 is 0 Å². The monoisotopic (exact) mass is 360 g/mol. The van der Waals surface area contributed by atoms with Gasteiger partial charge in [0.05, 0.1) is 0 Å². The molecule has 0 spiro atoms. The molecular weight excluding hydrogens is 357 g/mol. The van der Waals surface area contributed by atoms with Crippen LogP contribution in [0.3, 0.4) is 0 Å². The van der Waals surface area contributed by atoms with E-state index in [1.54, 1.807) is 0 Å². The van der Waals surface area contributed by atoms with Gasteiger partial charge in [0.15, 0.2) is 0 Å². The lowest BCUT2D eigenvalue weighted by molar-refractivity contribution is 1.83. The fourth-order valence-corrected chi connectivity index (χ4v) is 3.51. The van der Waals surface area contributed by atoms with Gasteiger partial charge in [-0.1, -0.05) is 49.8 Å². The summed E-state index contributed by atoms with van der Waals surface area (Å²) in [5, 5.41) is 0. The Morgan fingerprint density at radius 1 is 0.258 bits per heavy atom. The molecular formula is C18HB13. The van der Waals surface area contributed by atoms with E-state index < -0.39 is 0 Å². The van der Waals surface area contributed by atoms with Crippen molar-refractivity contribution in [3.63, 3.8) is 0 Å². The zero-order valence-electron chi connectivity index (χ0n) is 16.6. The van der Waals surface area contributed by atoms with Gasteiger partial charge in [-0.25, -0.2) is 0 Å². The Bertz CT molecular complexity index is 1180.